The van der Waals surface area contributed by atoms with Gasteiger partial charge in [0.25, 0.3) is 5.56 Å². The van der Waals surface area contributed by atoms with E-state index in [1.165, 1.54) is 6.42 Å². The number of anilines is 1. The molecule has 5 heteroatoms. The number of nitrogens with one attached hydrogen (secondary N) is 1. The molecule has 2 atom stereocenters. The number of fused-ring (bicyclic) bond motifs is 1. The molecule has 3 rings (SSSR count). The molecule has 0 aliphatic carbocycles. The molecule has 1 aromatic rings. The summed E-state index contributed by atoms with van der Waals surface area (Å²) in [6, 6.07) is 0.461. The van der Waals surface area contributed by atoms with Gasteiger partial charge in [0.05, 0.1) is 0 Å². The first kappa shape index (κ1) is 11.7. The van der Waals surface area contributed by atoms with Gasteiger partial charge in [0.1, 0.15) is 0 Å². The minimum absolute atomic E-state index is 0.0619. The van der Waals surface area contributed by atoms with Crippen LogP contribution in [0, 0.1) is 5.92 Å². The Labute approximate surface area is 107 Å². The van der Waals surface area contributed by atoms with Gasteiger partial charge in [0.15, 0.2) is 5.82 Å². The molecule has 2 saturated heterocycles. The molecule has 3 heterocycles. The summed E-state index contributed by atoms with van der Waals surface area (Å²) in [6.45, 7) is 5.88. The SMILES string of the molecule is CCCn1ccnc(N2CC[C@H]3CNC[C@H]32)c1=O. The van der Waals surface area contributed by atoms with Gasteiger partial charge in [-0.15, -0.1) is 0 Å². The Bertz CT molecular complexity index is 484. The minimum Gasteiger partial charge on any atom is -0.347 e. The highest BCUT2D eigenvalue weighted by Crippen LogP contribution is 2.29. The number of nitrogens with zero attached hydrogens (tertiary/aromatic N) is 3. The van der Waals surface area contributed by atoms with E-state index in [1.807, 2.05) is 0 Å². The number of rotatable bonds is 3. The smallest absolute Gasteiger partial charge is 0.293 e. The van der Waals surface area contributed by atoms with Crippen LogP contribution < -0.4 is 15.8 Å². The Morgan fingerprint density at radius 3 is 3.22 bits per heavy atom. The van der Waals surface area contributed by atoms with Crippen molar-refractivity contribution in [3.05, 3.63) is 22.7 Å². The van der Waals surface area contributed by atoms with E-state index in [9.17, 15) is 4.79 Å². The van der Waals surface area contributed by atoms with Crippen LogP contribution in [0.3, 0.4) is 0 Å². The highest BCUT2D eigenvalue weighted by Gasteiger charge is 2.39. The van der Waals surface area contributed by atoms with Crippen LogP contribution in [0.5, 0.6) is 0 Å². The van der Waals surface area contributed by atoms with Gasteiger partial charge in [0.2, 0.25) is 0 Å². The molecular weight excluding hydrogens is 228 g/mol. The first-order valence-corrected chi connectivity index (χ1v) is 6.84. The molecule has 0 radical (unpaired) electrons. The Balaban J connectivity index is 1.92. The molecule has 5 nitrogen and oxygen atoms in total. The zero-order valence-corrected chi connectivity index (χ0v) is 10.8. The molecule has 0 amide bonds. The fourth-order valence-corrected chi connectivity index (χ4v) is 3.16. The van der Waals surface area contributed by atoms with Crippen molar-refractivity contribution in [2.24, 2.45) is 5.92 Å². The molecular formula is C13H20N4O. The molecule has 18 heavy (non-hydrogen) atoms. The molecule has 1 aromatic heterocycles. The average molecular weight is 248 g/mol. The highest BCUT2D eigenvalue weighted by molar-refractivity contribution is 5.40. The maximum Gasteiger partial charge on any atom is 0.293 e. The lowest BCUT2D eigenvalue weighted by atomic mass is 10.1. The van der Waals surface area contributed by atoms with Gasteiger partial charge >= 0.3 is 0 Å². The van der Waals surface area contributed by atoms with Crippen molar-refractivity contribution in [2.45, 2.75) is 32.4 Å². The van der Waals surface area contributed by atoms with Crippen molar-refractivity contribution in [3.8, 4) is 0 Å². The van der Waals surface area contributed by atoms with Crippen molar-refractivity contribution >= 4 is 5.82 Å². The lowest BCUT2D eigenvalue weighted by Gasteiger charge is -2.24. The van der Waals surface area contributed by atoms with Gasteiger partial charge in [0, 0.05) is 44.6 Å². The molecule has 0 unspecified atom stereocenters. The maximum absolute atomic E-state index is 12.4. The van der Waals surface area contributed by atoms with E-state index in [2.05, 4.69) is 22.1 Å². The van der Waals surface area contributed by atoms with E-state index in [0.29, 0.717) is 17.8 Å². The molecule has 2 fully saturated rings. The third-order valence-corrected chi connectivity index (χ3v) is 4.08. The molecule has 98 valence electrons. The summed E-state index contributed by atoms with van der Waals surface area (Å²) in [5.41, 5.74) is 0.0619. The van der Waals surface area contributed by atoms with Gasteiger partial charge in [-0.3, -0.25) is 4.79 Å². The number of hydrogen-bond donors (Lipinski definition) is 1. The normalized spacial score (nSPS) is 26.6. The monoisotopic (exact) mass is 248 g/mol. The Hall–Kier alpha value is -1.36. The Kier molecular flexibility index (Phi) is 3.07. The molecule has 1 N–H and O–H groups in total. The minimum atomic E-state index is 0.0619. The third-order valence-electron chi connectivity index (χ3n) is 4.08. The van der Waals surface area contributed by atoms with Gasteiger partial charge in [-0.25, -0.2) is 4.98 Å². The lowest BCUT2D eigenvalue weighted by molar-refractivity contribution is 0.574. The maximum atomic E-state index is 12.4. The second kappa shape index (κ2) is 4.72. The predicted octanol–water partition coefficient (Wildman–Crippen LogP) is 0.451. The molecule has 2 aliphatic heterocycles. The fraction of sp³-hybridized carbons (Fsp3) is 0.692. The Morgan fingerprint density at radius 1 is 1.50 bits per heavy atom. The lowest BCUT2D eigenvalue weighted by Crippen LogP contribution is -2.39. The summed E-state index contributed by atoms with van der Waals surface area (Å²) in [4.78, 5) is 18.9. The van der Waals surface area contributed by atoms with E-state index in [0.717, 1.165) is 32.6 Å². The second-order valence-corrected chi connectivity index (χ2v) is 5.22. The number of aryl methyl sites for hydroxylation is 1. The van der Waals surface area contributed by atoms with Crippen LogP contribution in [0.4, 0.5) is 5.82 Å². The summed E-state index contributed by atoms with van der Waals surface area (Å²) in [7, 11) is 0. The molecule has 0 saturated carbocycles. The van der Waals surface area contributed by atoms with Crippen LogP contribution in [0.1, 0.15) is 19.8 Å². The summed E-state index contributed by atoms with van der Waals surface area (Å²) in [5, 5.41) is 3.40. The third kappa shape index (κ3) is 1.82. The molecule has 0 bridgehead atoms. The van der Waals surface area contributed by atoms with E-state index in [4.69, 9.17) is 0 Å². The standard InChI is InChI=1S/C13H20N4O/c1-2-5-16-7-4-15-12(13(16)18)17-6-3-10-8-14-9-11(10)17/h4,7,10-11,14H,2-3,5-6,8-9H2,1H3/t10-,11+/m0/s1. The first-order chi connectivity index (χ1) is 8.81. The average Bonchev–Trinajstić information content (AvgIpc) is 2.95. The molecule has 2 aliphatic rings. The van der Waals surface area contributed by atoms with Gasteiger partial charge in [-0.1, -0.05) is 6.92 Å². The van der Waals surface area contributed by atoms with Crippen molar-refractivity contribution in [3.63, 3.8) is 0 Å². The summed E-state index contributed by atoms with van der Waals surface area (Å²) in [6.07, 6.45) is 5.68. The zero-order valence-electron chi connectivity index (χ0n) is 10.8. The van der Waals surface area contributed by atoms with Crippen molar-refractivity contribution in [1.82, 2.24) is 14.9 Å². The van der Waals surface area contributed by atoms with Crippen LogP contribution in [0.25, 0.3) is 0 Å². The van der Waals surface area contributed by atoms with E-state index >= 15 is 0 Å². The van der Waals surface area contributed by atoms with Crippen molar-refractivity contribution in [1.29, 1.82) is 0 Å². The number of aromatic nitrogens is 2. The second-order valence-electron chi connectivity index (χ2n) is 5.22. The van der Waals surface area contributed by atoms with Crippen LogP contribution in [-0.4, -0.2) is 35.2 Å². The topological polar surface area (TPSA) is 50.2 Å². The predicted molar refractivity (Wildman–Crippen MR) is 70.9 cm³/mol. The molecule has 0 spiro atoms. The Morgan fingerprint density at radius 2 is 2.39 bits per heavy atom. The highest BCUT2D eigenvalue weighted by atomic mass is 16.1. The van der Waals surface area contributed by atoms with Crippen LogP contribution in [-0.2, 0) is 6.54 Å². The number of hydrogen-bond acceptors (Lipinski definition) is 4. The van der Waals surface area contributed by atoms with Crippen LogP contribution >= 0.6 is 0 Å². The van der Waals surface area contributed by atoms with Crippen LogP contribution in [0.15, 0.2) is 17.2 Å². The summed E-state index contributed by atoms with van der Waals surface area (Å²) >= 11 is 0. The van der Waals surface area contributed by atoms with Gasteiger partial charge < -0.3 is 14.8 Å². The van der Waals surface area contributed by atoms with Crippen molar-refractivity contribution in [2.75, 3.05) is 24.5 Å². The summed E-state index contributed by atoms with van der Waals surface area (Å²) in [5.74, 6) is 1.33. The largest absolute Gasteiger partial charge is 0.347 e. The van der Waals surface area contributed by atoms with Crippen molar-refractivity contribution < 1.29 is 0 Å². The van der Waals surface area contributed by atoms with E-state index in [1.54, 1.807) is 17.0 Å². The zero-order chi connectivity index (χ0) is 12.5. The quantitative estimate of drug-likeness (QED) is 0.844. The van der Waals surface area contributed by atoms with E-state index in [-0.39, 0.29) is 5.56 Å². The molecule has 0 aromatic carbocycles. The van der Waals surface area contributed by atoms with Crippen LogP contribution in [0.2, 0.25) is 0 Å². The first-order valence-electron chi connectivity index (χ1n) is 6.84. The van der Waals surface area contributed by atoms with E-state index < -0.39 is 0 Å². The van der Waals surface area contributed by atoms with Gasteiger partial charge in [-0.05, 0) is 18.8 Å². The summed E-state index contributed by atoms with van der Waals surface area (Å²) < 4.78 is 1.78. The fourth-order valence-electron chi connectivity index (χ4n) is 3.16. The van der Waals surface area contributed by atoms with Gasteiger partial charge in [-0.2, -0.15) is 0 Å².